The number of nitrogens with one attached hydrogen (secondary N) is 1. The highest BCUT2D eigenvalue weighted by Gasteiger charge is 2.13. The van der Waals surface area contributed by atoms with Gasteiger partial charge in [0.25, 0.3) is 0 Å². The van der Waals surface area contributed by atoms with Crippen LogP contribution >= 0.6 is 15.9 Å². The molecule has 0 aliphatic rings. The van der Waals surface area contributed by atoms with Crippen LogP contribution in [0, 0.1) is 5.82 Å². The molecule has 1 aromatic carbocycles. The number of nitrogens with two attached hydrogens (primary N) is 1. The third kappa shape index (κ3) is 2.55. The molecule has 3 aromatic rings. The van der Waals surface area contributed by atoms with Gasteiger partial charge in [-0.2, -0.15) is 0 Å². The van der Waals surface area contributed by atoms with Crippen LogP contribution in [0.4, 0.5) is 10.1 Å². The number of hydrogen-bond acceptors (Lipinski definition) is 3. The molecule has 7 heteroatoms. The van der Waals surface area contributed by atoms with Crippen molar-refractivity contribution in [3.8, 4) is 5.75 Å². The SMILES string of the molecule is COc1cccc(C(N)=Nc2c[nH]c3ncc(Br)c(F)c23)c1. The summed E-state index contributed by atoms with van der Waals surface area (Å²) >= 11 is 3.12. The van der Waals surface area contributed by atoms with Crippen LogP contribution in [-0.2, 0) is 0 Å². The zero-order valence-corrected chi connectivity index (χ0v) is 13.2. The Balaban J connectivity index is 2.09. The van der Waals surface area contributed by atoms with Crippen LogP contribution in [0.15, 0.2) is 46.1 Å². The van der Waals surface area contributed by atoms with Crippen LogP contribution in [0.2, 0.25) is 0 Å². The number of aliphatic imine (C=N–C) groups is 1. The van der Waals surface area contributed by atoms with E-state index in [2.05, 4.69) is 30.9 Å². The fraction of sp³-hybridized carbons (Fsp3) is 0.0667. The van der Waals surface area contributed by atoms with Gasteiger partial charge in [0, 0.05) is 18.0 Å². The number of aromatic amines is 1. The molecule has 3 rings (SSSR count). The fourth-order valence-electron chi connectivity index (χ4n) is 2.08. The summed E-state index contributed by atoms with van der Waals surface area (Å²) < 4.78 is 19.7. The first-order chi connectivity index (χ1) is 10.6. The van der Waals surface area contributed by atoms with Crippen molar-refractivity contribution >= 4 is 38.5 Å². The largest absolute Gasteiger partial charge is 0.497 e. The number of ether oxygens (including phenoxy) is 1. The van der Waals surface area contributed by atoms with Crippen LogP contribution < -0.4 is 10.5 Å². The molecule has 0 fully saturated rings. The number of fused-ring (bicyclic) bond motifs is 1. The van der Waals surface area contributed by atoms with E-state index in [1.54, 1.807) is 25.4 Å². The smallest absolute Gasteiger partial charge is 0.152 e. The van der Waals surface area contributed by atoms with Gasteiger partial charge in [0.2, 0.25) is 0 Å². The number of amidine groups is 1. The van der Waals surface area contributed by atoms with Crippen LogP contribution in [0.5, 0.6) is 5.75 Å². The molecular weight excluding hydrogens is 351 g/mol. The third-order valence-corrected chi connectivity index (χ3v) is 3.73. The van der Waals surface area contributed by atoms with Crippen molar-refractivity contribution in [3.05, 3.63) is 52.5 Å². The molecular formula is C15H12BrFN4O. The van der Waals surface area contributed by atoms with Gasteiger partial charge < -0.3 is 15.5 Å². The molecule has 0 aliphatic heterocycles. The Labute approximate surface area is 134 Å². The molecule has 0 radical (unpaired) electrons. The molecule has 2 aromatic heterocycles. The number of rotatable bonds is 3. The minimum Gasteiger partial charge on any atom is -0.497 e. The van der Waals surface area contributed by atoms with E-state index in [1.807, 2.05) is 12.1 Å². The van der Waals surface area contributed by atoms with Crippen LogP contribution in [0.1, 0.15) is 5.56 Å². The molecule has 0 amide bonds. The number of aromatic nitrogens is 2. The van der Waals surface area contributed by atoms with Crippen molar-refractivity contribution < 1.29 is 9.13 Å². The van der Waals surface area contributed by atoms with Crippen molar-refractivity contribution in [2.24, 2.45) is 10.7 Å². The van der Waals surface area contributed by atoms with Gasteiger partial charge >= 0.3 is 0 Å². The molecule has 22 heavy (non-hydrogen) atoms. The van der Waals surface area contributed by atoms with Gasteiger partial charge in [-0.3, -0.25) is 0 Å². The second kappa shape index (κ2) is 5.76. The number of methoxy groups -OCH3 is 1. The third-order valence-electron chi connectivity index (χ3n) is 3.18. The zero-order chi connectivity index (χ0) is 15.7. The van der Waals surface area contributed by atoms with Gasteiger partial charge in [-0.1, -0.05) is 12.1 Å². The first kappa shape index (κ1) is 14.5. The highest BCUT2D eigenvalue weighted by atomic mass is 79.9. The molecule has 0 saturated carbocycles. The van der Waals surface area contributed by atoms with Gasteiger partial charge in [0.15, 0.2) is 5.82 Å². The molecule has 0 unspecified atom stereocenters. The first-order valence-electron chi connectivity index (χ1n) is 6.40. The van der Waals surface area contributed by atoms with Gasteiger partial charge in [0.05, 0.1) is 22.7 Å². The number of benzene rings is 1. The first-order valence-corrected chi connectivity index (χ1v) is 7.19. The lowest BCUT2D eigenvalue weighted by molar-refractivity contribution is 0.414. The summed E-state index contributed by atoms with van der Waals surface area (Å²) in [6, 6.07) is 7.19. The monoisotopic (exact) mass is 362 g/mol. The molecule has 0 atom stereocenters. The Hall–Kier alpha value is -2.41. The van der Waals surface area contributed by atoms with Crippen molar-refractivity contribution in [2.45, 2.75) is 0 Å². The summed E-state index contributed by atoms with van der Waals surface area (Å²) in [6.07, 6.45) is 2.97. The Bertz CT molecular complexity index is 875. The van der Waals surface area contributed by atoms with Gasteiger partial charge in [0.1, 0.15) is 17.2 Å². The van der Waals surface area contributed by atoms with E-state index < -0.39 is 5.82 Å². The van der Waals surface area contributed by atoms with E-state index >= 15 is 0 Å². The quantitative estimate of drug-likeness (QED) is 0.552. The fourth-order valence-corrected chi connectivity index (χ4v) is 2.38. The summed E-state index contributed by atoms with van der Waals surface area (Å²) in [5.74, 6) is 0.507. The van der Waals surface area contributed by atoms with Crippen molar-refractivity contribution in [2.75, 3.05) is 7.11 Å². The lowest BCUT2D eigenvalue weighted by Gasteiger charge is -2.04. The summed E-state index contributed by atoms with van der Waals surface area (Å²) in [7, 11) is 1.57. The lowest BCUT2D eigenvalue weighted by atomic mass is 10.2. The average Bonchev–Trinajstić information content (AvgIpc) is 2.94. The van der Waals surface area contributed by atoms with Crippen LogP contribution in [0.25, 0.3) is 11.0 Å². The zero-order valence-electron chi connectivity index (χ0n) is 11.6. The number of H-pyrrole nitrogens is 1. The van der Waals surface area contributed by atoms with Crippen LogP contribution in [-0.4, -0.2) is 22.9 Å². The summed E-state index contributed by atoms with van der Waals surface area (Å²) in [5, 5.41) is 0.292. The van der Waals surface area contributed by atoms with E-state index in [9.17, 15) is 4.39 Å². The molecule has 0 bridgehead atoms. The highest BCUT2D eigenvalue weighted by molar-refractivity contribution is 9.10. The minimum absolute atomic E-state index is 0.263. The molecule has 3 N–H and O–H groups in total. The number of hydrogen-bond donors (Lipinski definition) is 2. The maximum Gasteiger partial charge on any atom is 0.152 e. The molecule has 5 nitrogen and oxygen atoms in total. The normalized spacial score (nSPS) is 11.9. The highest BCUT2D eigenvalue weighted by Crippen LogP contribution is 2.31. The van der Waals surface area contributed by atoms with Crippen molar-refractivity contribution in [1.82, 2.24) is 9.97 Å². The Morgan fingerprint density at radius 3 is 3.05 bits per heavy atom. The Morgan fingerprint density at radius 2 is 2.27 bits per heavy atom. The number of nitrogens with zero attached hydrogens (tertiary/aromatic N) is 2. The second-order valence-corrected chi connectivity index (χ2v) is 5.40. The van der Waals surface area contributed by atoms with Crippen LogP contribution in [0.3, 0.4) is 0 Å². The predicted octanol–water partition coefficient (Wildman–Crippen LogP) is 3.51. The molecule has 0 saturated heterocycles. The minimum atomic E-state index is -0.427. The summed E-state index contributed by atoms with van der Waals surface area (Å²) in [6.45, 7) is 0. The lowest BCUT2D eigenvalue weighted by Crippen LogP contribution is -2.12. The second-order valence-electron chi connectivity index (χ2n) is 4.55. The summed E-state index contributed by atoms with van der Waals surface area (Å²) in [5.41, 5.74) is 7.51. The molecule has 0 spiro atoms. The van der Waals surface area contributed by atoms with E-state index in [0.29, 0.717) is 28.0 Å². The number of pyridine rings is 1. The van der Waals surface area contributed by atoms with Gasteiger partial charge in [-0.15, -0.1) is 0 Å². The Morgan fingerprint density at radius 1 is 1.45 bits per heavy atom. The van der Waals surface area contributed by atoms with E-state index in [4.69, 9.17) is 10.5 Å². The van der Waals surface area contributed by atoms with E-state index in [-0.39, 0.29) is 10.3 Å². The number of halogens is 2. The standard InChI is InChI=1S/C15H12BrFN4O/c1-22-9-4-2-3-8(5-9)14(18)21-11-7-20-15-12(11)13(17)10(16)6-19-15/h2-7H,1H3,(H2,18,21)(H,19,20). The summed E-state index contributed by atoms with van der Waals surface area (Å²) in [4.78, 5) is 11.3. The average molecular weight is 363 g/mol. The van der Waals surface area contributed by atoms with Gasteiger partial charge in [-0.25, -0.2) is 14.4 Å². The molecule has 0 aliphatic carbocycles. The predicted molar refractivity (Wildman–Crippen MR) is 87.1 cm³/mol. The van der Waals surface area contributed by atoms with Crippen molar-refractivity contribution in [1.29, 1.82) is 0 Å². The maximum atomic E-state index is 14.2. The van der Waals surface area contributed by atoms with Crippen molar-refractivity contribution in [3.63, 3.8) is 0 Å². The Kier molecular flexibility index (Phi) is 3.81. The molecule has 2 heterocycles. The van der Waals surface area contributed by atoms with E-state index in [1.165, 1.54) is 6.20 Å². The van der Waals surface area contributed by atoms with Gasteiger partial charge in [-0.05, 0) is 28.1 Å². The molecule has 112 valence electrons. The topological polar surface area (TPSA) is 76.3 Å². The van der Waals surface area contributed by atoms with E-state index in [0.717, 1.165) is 0 Å². The maximum absolute atomic E-state index is 14.2.